The van der Waals surface area contributed by atoms with Gasteiger partial charge in [-0.05, 0) is 18.2 Å². The third-order valence-electron chi connectivity index (χ3n) is 4.05. The van der Waals surface area contributed by atoms with Gasteiger partial charge in [-0.15, -0.1) is 0 Å². The van der Waals surface area contributed by atoms with Gasteiger partial charge in [0.05, 0.1) is 16.3 Å². The first-order valence-electron chi connectivity index (χ1n) is 6.68. The van der Waals surface area contributed by atoms with Crippen LogP contribution in [0, 0.1) is 0 Å². The summed E-state index contributed by atoms with van der Waals surface area (Å²) >= 11 is 0. The van der Waals surface area contributed by atoms with Crippen LogP contribution in [0.1, 0.15) is 0 Å². The van der Waals surface area contributed by atoms with Crippen molar-refractivity contribution in [3.8, 4) is 5.75 Å². The fourth-order valence-electron chi connectivity index (χ4n) is 3.22. The van der Waals surface area contributed by atoms with E-state index in [-0.39, 0.29) is 0 Å². The van der Waals surface area contributed by atoms with Gasteiger partial charge >= 0.3 is 0 Å². The summed E-state index contributed by atoms with van der Waals surface area (Å²) in [6.07, 6.45) is 3.92. The van der Waals surface area contributed by atoms with Crippen molar-refractivity contribution in [2.75, 3.05) is 0 Å². The molecule has 3 heteroatoms. The number of hydrogen-bond donors (Lipinski definition) is 0. The molecule has 20 heavy (non-hydrogen) atoms. The first-order chi connectivity index (χ1) is 9.93. The summed E-state index contributed by atoms with van der Waals surface area (Å²) in [5, 5.41) is 4.76. The average molecular weight is 259 g/mol. The lowest BCUT2D eigenvalue weighted by Crippen LogP contribution is -2.39. The van der Waals surface area contributed by atoms with Gasteiger partial charge < -0.3 is 4.74 Å². The zero-order chi connectivity index (χ0) is 13.1. The first kappa shape index (κ1) is 10.1. The van der Waals surface area contributed by atoms with Crippen molar-refractivity contribution in [2.45, 2.75) is 6.73 Å². The fraction of sp³-hybridized carbons (Fsp3) is 0.0588. The van der Waals surface area contributed by atoms with Crippen LogP contribution >= 0.6 is 0 Å². The Morgan fingerprint density at radius 2 is 1.85 bits per heavy atom. The van der Waals surface area contributed by atoms with E-state index in [4.69, 9.17) is 4.74 Å². The topological polar surface area (TPSA) is 26.0 Å². The van der Waals surface area contributed by atoms with Crippen molar-refractivity contribution in [3.05, 3.63) is 54.9 Å². The Morgan fingerprint density at radius 1 is 0.950 bits per heavy atom. The fourth-order valence-corrected chi connectivity index (χ4v) is 3.22. The number of rotatable bonds is 0. The van der Waals surface area contributed by atoms with Crippen molar-refractivity contribution in [3.63, 3.8) is 0 Å². The second-order valence-corrected chi connectivity index (χ2v) is 5.09. The van der Waals surface area contributed by atoms with Gasteiger partial charge in [-0.1, -0.05) is 18.2 Å². The highest BCUT2D eigenvalue weighted by Gasteiger charge is 2.24. The normalized spacial score (nSPS) is 13.2. The highest BCUT2D eigenvalue weighted by molar-refractivity contribution is 6.23. The van der Waals surface area contributed by atoms with Crippen LogP contribution in [0.3, 0.4) is 0 Å². The van der Waals surface area contributed by atoms with E-state index in [9.17, 15) is 0 Å². The second kappa shape index (κ2) is 3.45. The van der Waals surface area contributed by atoms with Crippen LogP contribution in [0.5, 0.6) is 5.75 Å². The van der Waals surface area contributed by atoms with Crippen molar-refractivity contribution < 1.29 is 9.30 Å². The summed E-state index contributed by atoms with van der Waals surface area (Å²) in [7, 11) is 0. The standard InChI is InChI=1S/C17H11N2O/c1-4-11-12-5-2-8-18-16(12)13-6-3-9-19-10-20-14(7-1)15(11)17(13)19/h1-9H,10H2/q+1. The third-order valence-corrected chi connectivity index (χ3v) is 4.05. The lowest BCUT2D eigenvalue weighted by molar-refractivity contribution is -0.701. The third kappa shape index (κ3) is 1.11. The maximum atomic E-state index is 5.88. The molecule has 0 spiro atoms. The quantitative estimate of drug-likeness (QED) is 0.358. The van der Waals surface area contributed by atoms with E-state index in [1.807, 2.05) is 18.3 Å². The largest absolute Gasteiger partial charge is 0.435 e. The molecular weight excluding hydrogens is 248 g/mol. The summed E-state index contributed by atoms with van der Waals surface area (Å²) < 4.78 is 8.03. The maximum Gasteiger partial charge on any atom is 0.292 e. The molecule has 0 radical (unpaired) electrons. The van der Waals surface area contributed by atoms with Crippen LogP contribution in [-0.4, -0.2) is 4.98 Å². The van der Waals surface area contributed by atoms with Crippen molar-refractivity contribution >= 4 is 32.6 Å². The lowest BCUT2D eigenvalue weighted by Gasteiger charge is -2.16. The molecule has 0 atom stereocenters. The van der Waals surface area contributed by atoms with Crippen LogP contribution in [0.15, 0.2) is 54.9 Å². The Morgan fingerprint density at radius 3 is 2.85 bits per heavy atom. The van der Waals surface area contributed by atoms with E-state index >= 15 is 0 Å². The smallest absolute Gasteiger partial charge is 0.292 e. The Labute approximate surface area is 115 Å². The monoisotopic (exact) mass is 259 g/mol. The average Bonchev–Trinajstić information content (AvgIpc) is 2.53. The molecule has 0 saturated carbocycles. The second-order valence-electron chi connectivity index (χ2n) is 5.09. The minimum absolute atomic E-state index is 0.557. The van der Waals surface area contributed by atoms with E-state index in [2.05, 4.69) is 46.1 Å². The maximum absolute atomic E-state index is 5.88. The number of aromatic nitrogens is 2. The highest BCUT2D eigenvalue weighted by atomic mass is 16.5. The molecule has 0 fully saturated rings. The summed E-state index contributed by atoms with van der Waals surface area (Å²) in [6.45, 7) is 0.557. The molecule has 0 bridgehead atoms. The zero-order valence-electron chi connectivity index (χ0n) is 10.7. The molecule has 3 nitrogen and oxygen atoms in total. The van der Waals surface area contributed by atoms with Gasteiger partial charge in [-0.3, -0.25) is 4.98 Å². The van der Waals surface area contributed by atoms with E-state index in [1.165, 1.54) is 27.1 Å². The summed E-state index contributed by atoms with van der Waals surface area (Å²) in [5.74, 6) is 0.962. The number of nitrogens with zero attached hydrogens (tertiary/aromatic N) is 2. The molecule has 1 aliphatic rings. The van der Waals surface area contributed by atoms with Crippen LogP contribution in [0.25, 0.3) is 32.6 Å². The Balaban J connectivity index is 2.26. The Hall–Kier alpha value is -2.68. The Bertz CT molecular complexity index is 925. The number of hydrogen-bond acceptors (Lipinski definition) is 2. The van der Waals surface area contributed by atoms with E-state index < -0.39 is 0 Å². The van der Waals surface area contributed by atoms with Gasteiger partial charge in [0.25, 0.3) is 6.73 Å². The Kier molecular flexibility index (Phi) is 1.75. The summed E-state index contributed by atoms with van der Waals surface area (Å²) in [6, 6.07) is 14.6. The number of pyridine rings is 2. The van der Waals surface area contributed by atoms with E-state index in [1.54, 1.807) is 0 Å². The molecule has 0 N–H and O–H groups in total. The molecule has 0 saturated heterocycles. The lowest BCUT2D eigenvalue weighted by atomic mass is 9.99. The van der Waals surface area contributed by atoms with Crippen molar-refractivity contribution in [1.29, 1.82) is 0 Å². The van der Waals surface area contributed by atoms with Gasteiger partial charge in [0.2, 0.25) is 5.52 Å². The van der Waals surface area contributed by atoms with Gasteiger partial charge in [-0.25, -0.2) is 0 Å². The molecule has 4 aromatic rings. The molecule has 1 aliphatic heterocycles. The van der Waals surface area contributed by atoms with E-state index in [0.29, 0.717) is 6.73 Å². The van der Waals surface area contributed by atoms with Crippen LogP contribution in [0.2, 0.25) is 0 Å². The molecule has 0 amide bonds. The van der Waals surface area contributed by atoms with Crippen LogP contribution in [0.4, 0.5) is 0 Å². The molecule has 3 heterocycles. The van der Waals surface area contributed by atoms with Gasteiger partial charge in [-0.2, -0.15) is 4.57 Å². The predicted molar refractivity (Wildman–Crippen MR) is 77.6 cm³/mol. The number of ether oxygens (including phenoxy) is 1. The van der Waals surface area contributed by atoms with Gasteiger partial charge in [0.15, 0.2) is 6.20 Å². The number of fused-ring (bicyclic) bond motifs is 3. The first-order valence-corrected chi connectivity index (χ1v) is 6.68. The summed E-state index contributed by atoms with van der Waals surface area (Å²) in [4.78, 5) is 4.60. The minimum atomic E-state index is 0.557. The van der Waals surface area contributed by atoms with E-state index in [0.717, 1.165) is 11.3 Å². The highest BCUT2D eigenvalue weighted by Crippen LogP contribution is 2.38. The molecular formula is C17H11N2O+. The zero-order valence-corrected chi connectivity index (χ0v) is 10.7. The van der Waals surface area contributed by atoms with Crippen molar-refractivity contribution in [2.24, 2.45) is 0 Å². The number of benzene rings is 2. The minimum Gasteiger partial charge on any atom is -0.435 e. The molecule has 0 unspecified atom stereocenters. The van der Waals surface area contributed by atoms with Gasteiger partial charge in [0.1, 0.15) is 5.75 Å². The molecule has 2 aromatic heterocycles. The molecule has 0 aliphatic carbocycles. The molecule has 2 aromatic carbocycles. The van der Waals surface area contributed by atoms with Crippen LogP contribution < -0.4 is 9.30 Å². The summed E-state index contributed by atoms with van der Waals surface area (Å²) in [5.41, 5.74) is 2.28. The molecule has 5 rings (SSSR count). The molecule has 94 valence electrons. The van der Waals surface area contributed by atoms with Crippen molar-refractivity contribution in [1.82, 2.24) is 4.98 Å². The van der Waals surface area contributed by atoms with Gasteiger partial charge in [0, 0.05) is 23.0 Å². The van der Waals surface area contributed by atoms with Crippen LogP contribution in [-0.2, 0) is 6.73 Å². The SMILES string of the molecule is c1cnc2c(c1)c1cccc3c1c1c2ccc[n+]1CO3. The predicted octanol–water partition coefficient (Wildman–Crippen LogP) is 3.18.